The van der Waals surface area contributed by atoms with Crippen LogP contribution >= 0.6 is 0 Å². The van der Waals surface area contributed by atoms with E-state index < -0.39 is 0 Å². The van der Waals surface area contributed by atoms with E-state index >= 15 is 0 Å². The summed E-state index contributed by atoms with van der Waals surface area (Å²) in [5, 5.41) is 0. The number of carbonyl (C=O) groups excluding carboxylic acids is 1. The van der Waals surface area contributed by atoms with Gasteiger partial charge in [-0.05, 0) is 36.8 Å². The highest BCUT2D eigenvalue weighted by Crippen LogP contribution is 2.28. The molecular formula is C19H16O3. The van der Waals surface area contributed by atoms with Crippen molar-refractivity contribution in [3.63, 3.8) is 0 Å². The van der Waals surface area contributed by atoms with Crippen LogP contribution < -0.4 is 4.74 Å². The minimum Gasteiger partial charge on any atom is -0.497 e. The van der Waals surface area contributed by atoms with Crippen LogP contribution in [-0.2, 0) is 9.53 Å². The molecule has 0 amide bonds. The van der Waals surface area contributed by atoms with E-state index in [1.165, 1.54) is 5.56 Å². The number of hydrogen-bond donors (Lipinski definition) is 0. The van der Waals surface area contributed by atoms with E-state index in [2.05, 4.69) is 0 Å². The Morgan fingerprint density at radius 3 is 2.59 bits per heavy atom. The second-order valence-electron chi connectivity index (χ2n) is 5.14. The number of benzene rings is 2. The smallest absolute Gasteiger partial charge is 0.343 e. The van der Waals surface area contributed by atoms with Crippen molar-refractivity contribution in [1.82, 2.24) is 0 Å². The van der Waals surface area contributed by atoms with Gasteiger partial charge in [0.2, 0.25) is 0 Å². The lowest BCUT2D eigenvalue weighted by atomic mass is 10.1. The summed E-state index contributed by atoms with van der Waals surface area (Å²) in [7, 11) is 1.62. The zero-order chi connectivity index (χ0) is 15.5. The first-order valence-corrected chi connectivity index (χ1v) is 7.02. The molecule has 1 aliphatic heterocycles. The third-order valence-electron chi connectivity index (χ3n) is 3.48. The molecule has 0 atom stereocenters. The number of hydrogen-bond acceptors (Lipinski definition) is 3. The van der Waals surface area contributed by atoms with Crippen molar-refractivity contribution in [3.05, 3.63) is 76.9 Å². The minimum atomic E-state index is -0.335. The summed E-state index contributed by atoms with van der Waals surface area (Å²) in [6.45, 7) is 2.02. The highest BCUT2D eigenvalue weighted by molar-refractivity contribution is 6.05. The normalized spacial score (nSPS) is 15.6. The van der Waals surface area contributed by atoms with Gasteiger partial charge in [0.15, 0.2) is 0 Å². The van der Waals surface area contributed by atoms with Gasteiger partial charge in [-0.2, -0.15) is 0 Å². The Hall–Kier alpha value is -2.81. The highest BCUT2D eigenvalue weighted by atomic mass is 16.5. The van der Waals surface area contributed by atoms with Gasteiger partial charge in [0.05, 0.1) is 12.7 Å². The van der Waals surface area contributed by atoms with Crippen molar-refractivity contribution in [2.45, 2.75) is 6.92 Å². The summed E-state index contributed by atoms with van der Waals surface area (Å²) in [6, 6.07) is 15.4. The molecular weight excluding hydrogens is 276 g/mol. The number of rotatable bonds is 3. The highest BCUT2D eigenvalue weighted by Gasteiger charge is 2.21. The Kier molecular flexibility index (Phi) is 3.79. The fraction of sp³-hybridized carbons (Fsp3) is 0.105. The van der Waals surface area contributed by atoms with Crippen LogP contribution in [0.1, 0.15) is 16.7 Å². The number of ether oxygens (including phenoxy) is 2. The van der Waals surface area contributed by atoms with Crippen LogP contribution in [0.3, 0.4) is 0 Å². The zero-order valence-electron chi connectivity index (χ0n) is 12.5. The second kappa shape index (κ2) is 5.90. The SMILES string of the molecule is COc1cccc(C=C2C=C(c3ccc(C)cc3)OC2=O)c1. The fourth-order valence-electron chi connectivity index (χ4n) is 2.26. The predicted octanol–water partition coefficient (Wildman–Crippen LogP) is 3.98. The van der Waals surface area contributed by atoms with Gasteiger partial charge in [0.1, 0.15) is 11.5 Å². The monoisotopic (exact) mass is 292 g/mol. The van der Waals surface area contributed by atoms with E-state index in [4.69, 9.17) is 9.47 Å². The van der Waals surface area contributed by atoms with E-state index in [-0.39, 0.29) is 5.97 Å². The van der Waals surface area contributed by atoms with Gasteiger partial charge < -0.3 is 9.47 Å². The van der Waals surface area contributed by atoms with Crippen molar-refractivity contribution >= 4 is 17.8 Å². The molecule has 0 unspecified atom stereocenters. The number of carbonyl (C=O) groups is 1. The number of esters is 1. The number of methoxy groups -OCH3 is 1. The van der Waals surface area contributed by atoms with Gasteiger partial charge in [-0.25, -0.2) is 4.79 Å². The molecule has 3 heteroatoms. The first-order valence-electron chi connectivity index (χ1n) is 7.02. The van der Waals surface area contributed by atoms with Crippen LogP contribution in [0.4, 0.5) is 0 Å². The molecule has 3 nitrogen and oxygen atoms in total. The second-order valence-corrected chi connectivity index (χ2v) is 5.14. The van der Waals surface area contributed by atoms with Crippen LogP contribution in [0, 0.1) is 6.92 Å². The zero-order valence-corrected chi connectivity index (χ0v) is 12.5. The van der Waals surface area contributed by atoms with Crippen molar-refractivity contribution in [3.8, 4) is 5.75 Å². The Morgan fingerprint density at radius 1 is 1.09 bits per heavy atom. The summed E-state index contributed by atoms with van der Waals surface area (Å²) >= 11 is 0. The van der Waals surface area contributed by atoms with Gasteiger partial charge in [-0.1, -0.05) is 42.0 Å². The van der Waals surface area contributed by atoms with E-state index in [1.807, 2.05) is 55.5 Å². The van der Waals surface area contributed by atoms with Crippen molar-refractivity contribution in [2.24, 2.45) is 0 Å². The maximum absolute atomic E-state index is 12.0. The molecule has 2 aromatic carbocycles. The van der Waals surface area contributed by atoms with Crippen LogP contribution in [-0.4, -0.2) is 13.1 Å². The van der Waals surface area contributed by atoms with Gasteiger partial charge in [-0.3, -0.25) is 0 Å². The summed E-state index contributed by atoms with van der Waals surface area (Å²) < 4.78 is 10.5. The van der Waals surface area contributed by atoms with E-state index in [1.54, 1.807) is 19.3 Å². The molecule has 110 valence electrons. The molecule has 0 saturated carbocycles. The van der Waals surface area contributed by atoms with Crippen molar-refractivity contribution in [1.29, 1.82) is 0 Å². The van der Waals surface area contributed by atoms with Crippen LogP contribution in [0.2, 0.25) is 0 Å². The minimum absolute atomic E-state index is 0.335. The maximum atomic E-state index is 12.0. The molecule has 1 heterocycles. The van der Waals surface area contributed by atoms with Crippen molar-refractivity contribution < 1.29 is 14.3 Å². The third kappa shape index (κ3) is 2.93. The van der Waals surface area contributed by atoms with Crippen LogP contribution in [0.5, 0.6) is 5.75 Å². The third-order valence-corrected chi connectivity index (χ3v) is 3.48. The molecule has 2 aromatic rings. The first-order chi connectivity index (χ1) is 10.7. The topological polar surface area (TPSA) is 35.5 Å². The quantitative estimate of drug-likeness (QED) is 0.634. The summed E-state index contributed by atoms with van der Waals surface area (Å²) in [5.41, 5.74) is 3.49. The van der Waals surface area contributed by atoms with Crippen LogP contribution in [0.15, 0.2) is 60.2 Å². The first kappa shape index (κ1) is 14.1. The van der Waals surface area contributed by atoms with Gasteiger partial charge in [-0.15, -0.1) is 0 Å². The van der Waals surface area contributed by atoms with E-state index in [9.17, 15) is 4.79 Å². The standard InChI is InChI=1S/C19H16O3/c1-13-6-8-15(9-7-13)18-12-16(19(20)22-18)10-14-4-3-5-17(11-14)21-2/h3-12H,1-2H3. The lowest BCUT2D eigenvalue weighted by Crippen LogP contribution is -1.97. The molecule has 3 rings (SSSR count). The van der Waals surface area contributed by atoms with E-state index in [0.717, 1.165) is 16.9 Å². The largest absolute Gasteiger partial charge is 0.497 e. The summed E-state index contributed by atoms with van der Waals surface area (Å²) in [6.07, 6.45) is 3.57. The Morgan fingerprint density at radius 2 is 1.86 bits per heavy atom. The van der Waals surface area contributed by atoms with Crippen molar-refractivity contribution in [2.75, 3.05) is 7.11 Å². The predicted molar refractivity (Wildman–Crippen MR) is 86.2 cm³/mol. The lowest BCUT2D eigenvalue weighted by Gasteiger charge is -2.01. The fourth-order valence-corrected chi connectivity index (χ4v) is 2.26. The average Bonchev–Trinajstić information content (AvgIpc) is 2.89. The molecule has 22 heavy (non-hydrogen) atoms. The molecule has 0 N–H and O–H groups in total. The number of cyclic esters (lactones) is 1. The molecule has 0 aromatic heterocycles. The Bertz CT molecular complexity index is 768. The summed E-state index contributed by atoms with van der Waals surface area (Å²) in [4.78, 5) is 12.0. The molecule has 0 radical (unpaired) electrons. The molecule has 0 spiro atoms. The van der Waals surface area contributed by atoms with Crippen LogP contribution in [0.25, 0.3) is 11.8 Å². The maximum Gasteiger partial charge on any atom is 0.343 e. The number of aryl methyl sites for hydroxylation is 1. The van der Waals surface area contributed by atoms with Gasteiger partial charge >= 0.3 is 5.97 Å². The molecule has 0 bridgehead atoms. The molecule has 0 saturated heterocycles. The molecule has 1 aliphatic rings. The molecule has 0 fully saturated rings. The van der Waals surface area contributed by atoms with Gasteiger partial charge in [0.25, 0.3) is 0 Å². The Labute approximate surface area is 129 Å². The average molecular weight is 292 g/mol. The summed E-state index contributed by atoms with van der Waals surface area (Å²) in [5.74, 6) is 1.00. The molecule has 0 aliphatic carbocycles. The lowest BCUT2D eigenvalue weighted by molar-refractivity contribution is -0.130. The van der Waals surface area contributed by atoms with Gasteiger partial charge in [0, 0.05) is 5.56 Å². The Balaban J connectivity index is 1.92. The van der Waals surface area contributed by atoms with E-state index in [0.29, 0.717) is 11.3 Å².